The van der Waals surface area contributed by atoms with E-state index in [-0.39, 0.29) is 18.5 Å². The number of methoxy groups -OCH3 is 2. The highest BCUT2D eigenvalue weighted by molar-refractivity contribution is 6.31. The van der Waals surface area contributed by atoms with Gasteiger partial charge in [0.2, 0.25) is 5.91 Å². The van der Waals surface area contributed by atoms with Gasteiger partial charge in [0.25, 0.3) is 5.91 Å². The Balaban J connectivity index is 2.05. The lowest BCUT2D eigenvalue weighted by Crippen LogP contribution is -2.42. The Kier molecular flexibility index (Phi) is 5.86. The molecule has 1 aliphatic rings. The summed E-state index contributed by atoms with van der Waals surface area (Å²) in [4.78, 5) is 28.8. The number of rotatable bonds is 6. The highest BCUT2D eigenvalue weighted by Gasteiger charge is 2.29. The van der Waals surface area contributed by atoms with Crippen LogP contribution in [0.15, 0.2) is 42.5 Å². The quantitative estimate of drug-likeness (QED) is 0.758. The fourth-order valence-electron chi connectivity index (χ4n) is 3.12. The van der Waals surface area contributed by atoms with Crippen LogP contribution in [0, 0.1) is 0 Å². The molecule has 1 saturated heterocycles. The van der Waals surface area contributed by atoms with Crippen molar-refractivity contribution in [1.29, 1.82) is 0 Å². The zero-order chi connectivity index (χ0) is 19.4. The van der Waals surface area contributed by atoms with Crippen molar-refractivity contribution in [3.8, 4) is 11.5 Å². The number of carbonyl (C=O) groups is 2. The van der Waals surface area contributed by atoms with E-state index in [1.54, 1.807) is 42.3 Å². The summed E-state index contributed by atoms with van der Waals surface area (Å²) < 4.78 is 10.8. The summed E-state index contributed by atoms with van der Waals surface area (Å²) in [7, 11) is 3.04. The molecule has 1 aliphatic heterocycles. The number of halogens is 1. The molecule has 3 rings (SSSR count). The first-order valence-electron chi connectivity index (χ1n) is 8.61. The number of carbonyl (C=O) groups excluding carboxylic acids is 2. The molecule has 0 saturated carbocycles. The van der Waals surface area contributed by atoms with Gasteiger partial charge in [-0.1, -0.05) is 23.7 Å². The van der Waals surface area contributed by atoms with Gasteiger partial charge in [0.15, 0.2) is 0 Å². The minimum atomic E-state index is -0.321. The Morgan fingerprint density at radius 1 is 1.15 bits per heavy atom. The summed E-state index contributed by atoms with van der Waals surface area (Å²) >= 11 is 6.11. The van der Waals surface area contributed by atoms with Crippen LogP contribution in [0.25, 0.3) is 0 Å². The predicted octanol–water partition coefficient (Wildman–Crippen LogP) is 3.58. The number of likely N-dealkylation sites (tertiary alicyclic amines) is 1. The first-order valence-corrected chi connectivity index (χ1v) is 8.99. The summed E-state index contributed by atoms with van der Waals surface area (Å²) in [5.41, 5.74) is 0.897. The molecule has 0 aliphatic carbocycles. The highest BCUT2D eigenvalue weighted by Crippen LogP contribution is 2.32. The first-order chi connectivity index (χ1) is 13.0. The van der Waals surface area contributed by atoms with Crippen LogP contribution in [0.2, 0.25) is 5.02 Å². The molecule has 142 valence electrons. The van der Waals surface area contributed by atoms with Gasteiger partial charge < -0.3 is 14.4 Å². The highest BCUT2D eigenvalue weighted by atomic mass is 35.5. The number of nitrogens with zero attached hydrogens (tertiary/aromatic N) is 2. The molecule has 1 heterocycles. The molecule has 2 aromatic carbocycles. The van der Waals surface area contributed by atoms with Gasteiger partial charge in [0.1, 0.15) is 18.2 Å². The zero-order valence-corrected chi connectivity index (χ0v) is 16.0. The number of para-hydroxylation sites is 2. The van der Waals surface area contributed by atoms with E-state index >= 15 is 0 Å². The molecule has 0 atom stereocenters. The molecule has 0 N–H and O–H groups in total. The van der Waals surface area contributed by atoms with Gasteiger partial charge in [-0.2, -0.15) is 0 Å². The van der Waals surface area contributed by atoms with Crippen LogP contribution >= 0.6 is 11.6 Å². The van der Waals surface area contributed by atoms with Crippen LogP contribution < -0.4 is 14.4 Å². The summed E-state index contributed by atoms with van der Waals surface area (Å²) in [6.45, 7) is 0.748. The predicted molar refractivity (Wildman–Crippen MR) is 104 cm³/mol. The van der Waals surface area contributed by atoms with E-state index in [2.05, 4.69) is 0 Å². The van der Waals surface area contributed by atoms with Crippen molar-refractivity contribution in [1.82, 2.24) is 4.90 Å². The molecular formula is C20H21ClN2O4. The van der Waals surface area contributed by atoms with Crippen molar-refractivity contribution >= 4 is 29.1 Å². The SMILES string of the molecule is COc1ccc(Cl)cc1C(=O)N(CN1CCCC1=O)c1ccccc1OC. The molecule has 27 heavy (non-hydrogen) atoms. The van der Waals surface area contributed by atoms with Crippen molar-refractivity contribution in [2.75, 3.05) is 32.3 Å². The largest absolute Gasteiger partial charge is 0.496 e. The van der Waals surface area contributed by atoms with Crippen LogP contribution in [-0.2, 0) is 4.79 Å². The molecular weight excluding hydrogens is 368 g/mol. The summed E-state index contributed by atoms with van der Waals surface area (Å²) in [5.74, 6) is 0.662. The minimum Gasteiger partial charge on any atom is -0.496 e. The maximum atomic E-state index is 13.4. The Morgan fingerprint density at radius 2 is 1.89 bits per heavy atom. The summed E-state index contributed by atoms with van der Waals surface area (Å²) in [6.07, 6.45) is 1.28. The lowest BCUT2D eigenvalue weighted by atomic mass is 10.1. The van der Waals surface area contributed by atoms with Gasteiger partial charge in [-0.15, -0.1) is 0 Å². The summed E-state index contributed by atoms with van der Waals surface area (Å²) in [5, 5.41) is 0.427. The molecule has 0 aromatic heterocycles. The zero-order valence-electron chi connectivity index (χ0n) is 15.3. The Bertz CT molecular complexity index is 856. The van der Waals surface area contributed by atoms with Crippen LogP contribution in [0.5, 0.6) is 11.5 Å². The Morgan fingerprint density at radius 3 is 2.56 bits per heavy atom. The molecule has 0 bridgehead atoms. The van der Waals surface area contributed by atoms with E-state index in [0.717, 1.165) is 6.42 Å². The van der Waals surface area contributed by atoms with Crippen molar-refractivity contribution < 1.29 is 19.1 Å². The molecule has 7 heteroatoms. The lowest BCUT2D eigenvalue weighted by molar-refractivity contribution is -0.127. The number of hydrogen-bond donors (Lipinski definition) is 0. The van der Waals surface area contributed by atoms with Crippen molar-refractivity contribution in [2.24, 2.45) is 0 Å². The standard InChI is InChI=1S/C20H21ClN2O4/c1-26-17-10-9-14(21)12-15(17)20(25)23(13-22-11-5-8-19(22)24)16-6-3-4-7-18(16)27-2/h3-4,6-7,9-10,12H,5,8,11,13H2,1-2H3. The van der Waals surface area contributed by atoms with Gasteiger partial charge in [-0.05, 0) is 36.8 Å². The maximum absolute atomic E-state index is 13.4. The third-order valence-corrected chi connectivity index (χ3v) is 4.73. The van der Waals surface area contributed by atoms with Crippen LogP contribution in [-0.4, -0.2) is 44.1 Å². The van der Waals surface area contributed by atoms with Crippen LogP contribution in [0.1, 0.15) is 23.2 Å². The third kappa shape index (κ3) is 4.01. The van der Waals surface area contributed by atoms with Gasteiger partial charge in [0, 0.05) is 18.0 Å². The van der Waals surface area contributed by atoms with E-state index in [9.17, 15) is 9.59 Å². The van der Waals surface area contributed by atoms with E-state index in [1.165, 1.54) is 12.0 Å². The van der Waals surface area contributed by atoms with Gasteiger partial charge in [0.05, 0.1) is 25.5 Å². The van der Waals surface area contributed by atoms with Gasteiger partial charge in [-0.3, -0.25) is 14.5 Å². The fourth-order valence-corrected chi connectivity index (χ4v) is 3.29. The molecule has 2 aromatic rings. The third-order valence-electron chi connectivity index (χ3n) is 4.50. The second kappa shape index (κ2) is 8.31. The maximum Gasteiger partial charge on any atom is 0.263 e. The van der Waals surface area contributed by atoms with Crippen molar-refractivity contribution in [3.63, 3.8) is 0 Å². The van der Waals surface area contributed by atoms with Crippen LogP contribution in [0.4, 0.5) is 5.69 Å². The second-order valence-electron chi connectivity index (χ2n) is 6.15. The number of ether oxygens (including phenoxy) is 2. The van der Waals surface area contributed by atoms with Gasteiger partial charge >= 0.3 is 0 Å². The molecule has 0 radical (unpaired) electrons. The smallest absolute Gasteiger partial charge is 0.263 e. The van der Waals surface area contributed by atoms with E-state index in [1.807, 2.05) is 12.1 Å². The lowest BCUT2D eigenvalue weighted by Gasteiger charge is -2.29. The molecule has 2 amide bonds. The monoisotopic (exact) mass is 388 g/mol. The first kappa shape index (κ1) is 19.0. The molecule has 6 nitrogen and oxygen atoms in total. The average molecular weight is 389 g/mol. The molecule has 1 fully saturated rings. The second-order valence-corrected chi connectivity index (χ2v) is 6.59. The summed E-state index contributed by atoms with van der Waals surface area (Å²) in [6, 6.07) is 12.1. The van der Waals surface area contributed by atoms with Crippen LogP contribution in [0.3, 0.4) is 0 Å². The number of anilines is 1. The minimum absolute atomic E-state index is 0.0285. The van der Waals surface area contributed by atoms with Crippen molar-refractivity contribution in [3.05, 3.63) is 53.1 Å². The number of amides is 2. The topological polar surface area (TPSA) is 59.1 Å². The average Bonchev–Trinajstić information content (AvgIpc) is 3.10. The molecule has 0 unspecified atom stereocenters. The number of benzene rings is 2. The Hall–Kier alpha value is -2.73. The van der Waals surface area contributed by atoms with E-state index < -0.39 is 0 Å². The molecule has 0 spiro atoms. The van der Waals surface area contributed by atoms with E-state index in [4.69, 9.17) is 21.1 Å². The fraction of sp³-hybridized carbons (Fsp3) is 0.300. The van der Waals surface area contributed by atoms with Crippen molar-refractivity contribution in [2.45, 2.75) is 12.8 Å². The Labute approximate surface area is 163 Å². The van der Waals surface area contributed by atoms with E-state index in [0.29, 0.717) is 40.7 Å². The normalized spacial score (nSPS) is 13.6. The number of hydrogen-bond acceptors (Lipinski definition) is 4. The van der Waals surface area contributed by atoms with Gasteiger partial charge in [-0.25, -0.2) is 0 Å².